The monoisotopic (exact) mass is 357 g/mol. The van der Waals surface area contributed by atoms with E-state index in [0.717, 1.165) is 11.6 Å². The predicted octanol–water partition coefficient (Wildman–Crippen LogP) is 3.35. The van der Waals surface area contributed by atoms with Crippen molar-refractivity contribution in [3.8, 4) is 11.3 Å². The van der Waals surface area contributed by atoms with Gasteiger partial charge in [-0.25, -0.2) is 13.8 Å². The van der Waals surface area contributed by atoms with Crippen molar-refractivity contribution >= 4 is 17.5 Å². The molecule has 0 unspecified atom stereocenters. The van der Waals surface area contributed by atoms with E-state index in [4.69, 9.17) is 0 Å². The van der Waals surface area contributed by atoms with Crippen molar-refractivity contribution in [1.29, 1.82) is 0 Å². The molecule has 0 radical (unpaired) electrons. The van der Waals surface area contributed by atoms with Gasteiger partial charge in [-0.05, 0) is 31.2 Å². The fourth-order valence-electron chi connectivity index (χ4n) is 2.25. The van der Waals surface area contributed by atoms with Gasteiger partial charge in [0.2, 0.25) is 5.95 Å². The lowest BCUT2D eigenvalue weighted by Gasteiger charge is -2.14. The van der Waals surface area contributed by atoms with Gasteiger partial charge < -0.3 is 15.7 Å². The molecule has 3 N–H and O–H groups in total. The first-order valence-electron chi connectivity index (χ1n) is 7.94. The van der Waals surface area contributed by atoms with Crippen molar-refractivity contribution in [3.05, 3.63) is 60.4 Å². The van der Waals surface area contributed by atoms with Crippen LogP contribution in [0.1, 0.15) is 6.92 Å². The molecular weight excluding hydrogens is 340 g/mol. The maximum absolute atomic E-state index is 13.9. The number of pyridine rings is 1. The van der Waals surface area contributed by atoms with Gasteiger partial charge in [0, 0.05) is 30.1 Å². The number of rotatable bonds is 6. The minimum atomic E-state index is -0.991. The summed E-state index contributed by atoms with van der Waals surface area (Å²) in [6.45, 7) is 1.66. The van der Waals surface area contributed by atoms with E-state index in [-0.39, 0.29) is 30.1 Å². The molecule has 0 saturated heterocycles. The third-order valence-electron chi connectivity index (χ3n) is 3.57. The summed E-state index contributed by atoms with van der Waals surface area (Å²) in [5.74, 6) is -1.41. The highest BCUT2D eigenvalue weighted by atomic mass is 19.2. The largest absolute Gasteiger partial charge is 0.394 e. The molecule has 3 aromatic rings. The number of halogens is 2. The molecule has 0 fully saturated rings. The predicted molar refractivity (Wildman–Crippen MR) is 95.1 cm³/mol. The van der Waals surface area contributed by atoms with Gasteiger partial charge in [-0.15, -0.1) is 0 Å². The summed E-state index contributed by atoms with van der Waals surface area (Å²) in [4.78, 5) is 12.6. The van der Waals surface area contributed by atoms with Crippen molar-refractivity contribution in [2.24, 2.45) is 0 Å². The maximum atomic E-state index is 13.9. The van der Waals surface area contributed by atoms with Crippen LogP contribution in [0.15, 0.2) is 48.8 Å². The van der Waals surface area contributed by atoms with Crippen molar-refractivity contribution in [2.45, 2.75) is 13.0 Å². The van der Waals surface area contributed by atoms with E-state index in [9.17, 15) is 13.9 Å². The van der Waals surface area contributed by atoms with Gasteiger partial charge in [0.05, 0.1) is 18.0 Å². The van der Waals surface area contributed by atoms with Crippen molar-refractivity contribution < 1.29 is 13.9 Å². The number of hydrogen-bond donors (Lipinski definition) is 3. The molecule has 1 aromatic carbocycles. The maximum Gasteiger partial charge on any atom is 0.225 e. The molecule has 6 nitrogen and oxygen atoms in total. The molecule has 0 aliphatic carbocycles. The van der Waals surface area contributed by atoms with Crippen LogP contribution in [-0.2, 0) is 0 Å². The molecule has 0 aliphatic rings. The molecule has 134 valence electrons. The minimum Gasteiger partial charge on any atom is -0.394 e. The van der Waals surface area contributed by atoms with E-state index in [2.05, 4.69) is 25.6 Å². The lowest BCUT2D eigenvalue weighted by molar-refractivity contribution is 0.281. The molecule has 0 bridgehead atoms. The Kier molecular flexibility index (Phi) is 5.33. The molecule has 3 rings (SSSR count). The van der Waals surface area contributed by atoms with E-state index < -0.39 is 11.6 Å². The average molecular weight is 357 g/mol. The highest BCUT2D eigenvalue weighted by Crippen LogP contribution is 2.25. The van der Waals surface area contributed by atoms with E-state index >= 15 is 0 Å². The van der Waals surface area contributed by atoms with Crippen molar-refractivity contribution in [3.63, 3.8) is 0 Å². The van der Waals surface area contributed by atoms with E-state index in [0.29, 0.717) is 5.69 Å². The van der Waals surface area contributed by atoms with Crippen LogP contribution >= 0.6 is 0 Å². The zero-order valence-corrected chi connectivity index (χ0v) is 13.9. The van der Waals surface area contributed by atoms with Crippen LogP contribution in [-0.4, -0.2) is 32.7 Å². The Morgan fingerprint density at radius 1 is 1.12 bits per heavy atom. The number of hydrogen-bond acceptors (Lipinski definition) is 6. The molecule has 0 aliphatic heterocycles. The van der Waals surface area contributed by atoms with Gasteiger partial charge >= 0.3 is 0 Å². The van der Waals surface area contributed by atoms with Gasteiger partial charge in [0.15, 0.2) is 11.6 Å². The Morgan fingerprint density at radius 2 is 1.88 bits per heavy atom. The Balaban J connectivity index is 2.00. The first-order valence-corrected chi connectivity index (χ1v) is 7.94. The van der Waals surface area contributed by atoms with Gasteiger partial charge in [-0.2, -0.15) is 4.98 Å². The van der Waals surface area contributed by atoms with E-state index in [1.165, 1.54) is 12.1 Å². The molecule has 0 saturated carbocycles. The number of benzene rings is 1. The fraction of sp³-hybridized carbons (Fsp3) is 0.167. The minimum absolute atomic E-state index is 0.0365. The highest BCUT2D eigenvalue weighted by molar-refractivity contribution is 5.67. The van der Waals surface area contributed by atoms with Gasteiger partial charge in [0.1, 0.15) is 5.82 Å². The van der Waals surface area contributed by atoms with Crippen LogP contribution < -0.4 is 10.6 Å². The zero-order valence-electron chi connectivity index (χ0n) is 13.9. The summed E-state index contributed by atoms with van der Waals surface area (Å²) in [5, 5.41) is 14.9. The first kappa shape index (κ1) is 17.7. The van der Waals surface area contributed by atoms with Crippen LogP contribution in [0.4, 0.5) is 26.2 Å². The number of nitrogens with one attached hydrogen (secondary N) is 2. The molecule has 2 heterocycles. The number of anilines is 3. The quantitative estimate of drug-likeness (QED) is 0.628. The third-order valence-corrected chi connectivity index (χ3v) is 3.57. The molecule has 1 atom stereocenters. The molecule has 0 amide bonds. The molecule has 8 heteroatoms. The Hall–Kier alpha value is -3.13. The summed E-state index contributed by atoms with van der Waals surface area (Å²) in [7, 11) is 0. The zero-order chi connectivity index (χ0) is 18.5. The summed E-state index contributed by atoms with van der Waals surface area (Å²) in [5.41, 5.74) is 1.31. The third kappa shape index (κ3) is 4.09. The number of aliphatic hydroxyl groups excluding tert-OH is 1. The van der Waals surface area contributed by atoms with Gasteiger partial charge in [0.25, 0.3) is 0 Å². The fourth-order valence-corrected chi connectivity index (χ4v) is 2.25. The Bertz CT molecular complexity index is 892. The summed E-state index contributed by atoms with van der Waals surface area (Å²) in [6, 6.07) is 8.74. The van der Waals surface area contributed by atoms with Crippen LogP contribution in [0.25, 0.3) is 11.3 Å². The van der Waals surface area contributed by atoms with Crippen LogP contribution in [0.5, 0.6) is 0 Å². The second kappa shape index (κ2) is 7.83. The Morgan fingerprint density at radius 3 is 2.62 bits per heavy atom. The van der Waals surface area contributed by atoms with Crippen molar-refractivity contribution in [2.75, 3.05) is 17.2 Å². The topological polar surface area (TPSA) is 83.0 Å². The molecular formula is C18H17F2N5O. The lowest BCUT2D eigenvalue weighted by atomic mass is 10.2. The first-order chi connectivity index (χ1) is 12.6. The van der Waals surface area contributed by atoms with E-state index in [1.807, 2.05) is 0 Å². The number of aliphatic hydroxyl groups is 1. The van der Waals surface area contributed by atoms with Crippen LogP contribution in [0.3, 0.4) is 0 Å². The second-order valence-corrected chi connectivity index (χ2v) is 5.65. The standard InChI is InChI=1S/C18H17F2N5O/c1-11(10-26)22-18-24-15(12-5-7-21-8-6-12)9-16(25-18)23-14-4-2-3-13(19)17(14)20/h2-9,11,26H,10H2,1H3,(H2,22,23,24,25)/t11-/m0/s1. The average Bonchev–Trinajstić information content (AvgIpc) is 2.66. The SMILES string of the molecule is C[C@@H](CO)Nc1nc(Nc2cccc(F)c2F)cc(-c2ccncc2)n1. The number of aromatic nitrogens is 3. The van der Waals surface area contributed by atoms with Gasteiger partial charge in [-0.1, -0.05) is 6.07 Å². The molecule has 26 heavy (non-hydrogen) atoms. The Labute approximate surface area is 149 Å². The second-order valence-electron chi connectivity index (χ2n) is 5.65. The van der Waals surface area contributed by atoms with E-state index in [1.54, 1.807) is 37.5 Å². The summed E-state index contributed by atoms with van der Waals surface area (Å²) < 4.78 is 27.4. The number of nitrogens with zero attached hydrogens (tertiary/aromatic N) is 3. The molecule has 2 aromatic heterocycles. The lowest BCUT2D eigenvalue weighted by Crippen LogP contribution is -2.21. The van der Waals surface area contributed by atoms with Crippen molar-refractivity contribution in [1.82, 2.24) is 15.0 Å². The molecule has 0 spiro atoms. The van der Waals surface area contributed by atoms with Crippen LogP contribution in [0.2, 0.25) is 0 Å². The normalized spacial score (nSPS) is 11.8. The summed E-state index contributed by atoms with van der Waals surface area (Å²) in [6.07, 6.45) is 3.25. The summed E-state index contributed by atoms with van der Waals surface area (Å²) >= 11 is 0. The van der Waals surface area contributed by atoms with Gasteiger partial charge in [-0.3, -0.25) is 4.98 Å². The highest BCUT2D eigenvalue weighted by Gasteiger charge is 2.12. The van der Waals surface area contributed by atoms with Crippen LogP contribution in [0, 0.1) is 11.6 Å². The smallest absolute Gasteiger partial charge is 0.225 e.